The number of hydrogen-bond donors (Lipinski definition) is 3. The molecule has 0 aliphatic heterocycles. The smallest absolute Gasteiger partial charge is 0.158 e. The monoisotopic (exact) mass is 284 g/mol. The van der Waals surface area contributed by atoms with Crippen LogP contribution in [-0.4, -0.2) is 15.2 Å². The maximum Gasteiger partial charge on any atom is 0.158 e. The van der Waals surface area contributed by atoms with Crippen molar-refractivity contribution in [1.82, 2.24) is 4.98 Å². The predicted molar refractivity (Wildman–Crippen MR) is 80.7 cm³/mol. The summed E-state index contributed by atoms with van der Waals surface area (Å²) in [5.41, 5.74) is 9.06. The standard InChI is InChI=1S/C15H12N2O2S/c16-11-4-2-1-3-10(11)12-8-20-15(17-12)9-5-6-13(18)14(19)7-9/h1-8,18-19H,16H2. The van der Waals surface area contributed by atoms with Crippen molar-refractivity contribution >= 4 is 17.0 Å². The van der Waals surface area contributed by atoms with Gasteiger partial charge in [-0.25, -0.2) is 4.98 Å². The topological polar surface area (TPSA) is 79.4 Å². The molecule has 3 aromatic rings. The van der Waals surface area contributed by atoms with Gasteiger partial charge in [-0.15, -0.1) is 11.3 Å². The summed E-state index contributed by atoms with van der Waals surface area (Å²) in [4.78, 5) is 4.53. The molecule has 0 atom stereocenters. The SMILES string of the molecule is Nc1ccccc1-c1csc(-c2ccc(O)c(O)c2)n1. The van der Waals surface area contributed by atoms with E-state index in [1.165, 1.54) is 23.5 Å². The minimum Gasteiger partial charge on any atom is -0.504 e. The highest BCUT2D eigenvalue weighted by molar-refractivity contribution is 7.13. The van der Waals surface area contributed by atoms with Gasteiger partial charge in [-0.2, -0.15) is 0 Å². The van der Waals surface area contributed by atoms with E-state index >= 15 is 0 Å². The Morgan fingerprint density at radius 3 is 2.55 bits per heavy atom. The van der Waals surface area contributed by atoms with Crippen LogP contribution in [-0.2, 0) is 0 Å². The lowest BCUT2D eigenvalue weighted by Gasteiger charge is -2.01. The molecule has 1 aromatic heterocycles. The molecule has 0 spiro atoms. The van der Waals surface area contributed by atoms with E-state index in [1.54, 1.807) is 6.07 Å². The van der Waals surface area contributed by atoms with E-state index in [0.717, 1.165) is 21.8 Å². The summed E-state index contributed by atoms with van der Waals surface area (Å²) in [6.45, 7) is 0. The molecule has 0 amide bonds. The molecule has 100 valence electrons. The van der Waals surface area contributed by atoms with Crippen LogP contribution in [0.1, 0.15) is 0 Å². The number of phenolic OH excluding ortho intramolecular Hbond substituents is 2. The Hall–Kier alpha value is -2.53. The second-order valence-electron chi connectivity index (χ2n) is 4.33. The van der Waals surface area contributed by atoms with Crippen molar-refractivity contribution in [3.63, 3.8) is 0 Å². The van der Waals surface area contributed by atoms with Crippen LogP contribution in [0.5, 0.6) is 11.5 Å². The second kappa shape index (κ2) is 4.86. The Kier molecular flexibility index (Phi) is 3.04. The average molecular weight is 284 g/mol. The van der Waals surface area contributed by atoms with Crippen molar-refractivity contribution in [3.8, 4) is 33.3 Å². The molecule has 5 heteroatoms. The number of thiazole rings is 1. The Morgan fingerprint density at radius 2 is 1.80 bits per heavy atom. The van der Waals surface area contributed by atoms with Crippen LogP contribution in [0.25, 0.3) is 21.8 Å². The van der Waals surface area contributed by atoms with Gasteiger partial charge in [0, 0.05) is 22.2 Å². The maximum absolute atomic E-state index is 9.54. The fraction of sp³-hybridized carbons (Fsp3) is 0. The molecule has 3 rings (SSSR count). The normalized spacial score (nSPS) is 10.6. The molecule has 1 heterocycles. The molecule has 0 fully saturated rings. The van der Waals surface area contributed by atoms with Crippen molar-refractivity contribution < 1.29 is 10.2 Å². The lowest BCUT2D eigenvalue weighted by molar-refractivity contribution is 0.404. The number of nitrogens with zero attached hydrogens (tertiary/aromatic N) is 1. The Labute approximate surface area is 119 Å². The molecule has 0 aliphatic carbocycles. The van der Waals surface area contributed by atoms with Crippen LogP contribution >= 0.6 is 11.3 Å². The summed E-state index contributed by atoms with van der Waals surface area (Å²) >= 11 is 1.46. The first kappa shape index (κ1) is 12.5. The number of aromatic hydroxyl groups is 2. The van der Waals surface area contributed by atoms with Gasteiger partial charge in [-0.3, -0.25) is 0 Å². The predicted octanol–water partition coefficient (Wildman–Crippen LogP) is 3.47. The van der Waals surface area contributed by atoms with Gasteiger partial charge >= 0.3 is 0 Å². The first-order chi connectivity index (χ1) is 9.65. The molecule has 4 N–H and O–H groups in total. The molecular formula is C15H12N2O2S. The van der Waals surface area contributed by atoms with Crippen molar-refractivity contribution in [2.45, 2.75) is 0 Å². The van der Waals surface area contributed by atoms with Gasteiger partial charge in [0.25, 0.3) is 0 Å². The van der Waals surface area contributed by atoms with Crippen LogP contribution in [0.3, 0.4) is 0 Å². The van der Waals surface area contributed by atoms with E-state index < -0.39 is 0 Å². The van der Waals surface area contributed by atoms with E-state index in [-0.39, 0.29) is 11.5 Å². The highest BCUT2D eigenvalue weighted by Crippen LogP contribution is 2.35. The average Bonchev–Trinajstić information content (AvgIpc) is 2.92. The highest BCUT2D eigenvalue weighted by atomic mass is 32.1. The molecule has 0 bridgehead atoms. The van der Waals surface area contributed by atoms with Gasteiger partial charge in [0.15, 0.2) is 11.5 Å². The number of anilines is 1. The number of benzene rings is 2. The van der Waals surface area contributed by atoms with Crippen molar-refractivity contribution in [1.29, 1.82) is 0 Å². The molecule has 4 nitrogen and oxygen atoms in total. The summed E-state index contributed by atoms with van der Waals surface area (Å²) in [6, 6.07) is 12.2. The van der Waals surface area contributed by atoms with Crippen LogP contribution in [0.2, 0.25) is 0 Å². The summed E-state index contributed by atoms with van der Waals surface area (Å²) in [7, 11) is 0. The molecule has 0 unspecified atom stereocenters. The third-order valence-corrected chi connectivity index (χ3v) is 3.85. The fourth-order valence-corrected chi connectivity index (χ4v) is 2.73. The van der Waals surface area contributed by atoms with Crippen molar-refractivity contribution in [2.24, 2.45) is 0 Å². The summed E-state index contributed by atoms with van der Waals surface area (Å²) in [6.07, 6.45) is 0. The maximum atomic E-state index is 9.54. The number of nitrogen functional groups attached to an aromatic ring is 1. The zero-order valence-corrected chi connectivity index (χ0v) is 11.3. The number of hydrogen-bond acceptors (Lipinski definition) is 5. The van der Waals surface area contributed by atoms with Gasteiger partial charge in [-0.05, 0) is 24.3 Å². The van der Waals surface area contributed by atoms with Gasteiger partial charge in [0.1, 0.15) is 5.01 Å². The lowest BCUT2D eigenvalue weighted by atomic mass is 10.1. The fourth-order valence-electron chi connectivity index (χ4n) is 1.92. The van der Waals surface area contributed by atoms with Gasteiger partial charge in [0.2, 0.25) is 0 Å². The molecule has 0 radical (unpaired) electrons. The third kappa shape index (κ3) is 2.19. The molecule has 0 saturated heterocycles. The van der Waals surface area contributed by atoms with Crippen LogP contribution in [0.15, 0.2) is 47.8 Å². The highest BCUT2D eigenvalue weighted by Gasteiger charge is 2.10. The number of rotatable bonds is 2. The Morgan fingerprint density at radius 1 is 1.00 bits per heavy atom. The minimum atomic E-state index is -0.154. The quantitative estimate of drug-likeness (QED) is 0.497. The molecule has 20 heavy (non-hydrogen) atoms. The van der Waals surface area contributed by atoms with Crippen molar-refractivity contribution in [3.05, 3.63) is 47.8 Å². The van der Waals surface area contributed by atoms with E-state index in [2.05, 4.69) is 4.98 Å². The third-order valence-electron chi connectivity index (χ3n) is 2.96. The summed E-state index contributed by atoms with van der Waals surface area (Å²) < 4.78 is 0. The van der Waals surface area contributed by atoms with E-state index in [9.17, 15) is 10.2 Å². The van der Waals surface area contributed by atoms with E-state index in [1.807, 2.05) is 29.6 Å². The van der Waals surface area contributed by atoms with Gasteiger partial charge < -0.3 is 15.9 Å². The molecule has 0 saturated carbocycles. The van der Waals surface area contributed by atoms with Crippen LogP contribution in [0, 0.1) is 0 Å². The molecular weight excluding hydrogens is 272 g/mol. The zero-order valence-electron chi connectivity index (χ0n) is 10.4. The summed E-state index contributed by atoms with van der Waals surface area (Å²) in [5, 5.41) is 21.5. The van der Waals surface area contributed by atoms with Gasteiger partial charge in [0.05, 0.1) is 5.69 Å². The van der Waals surface area contributed by atoms with Crippen LogP contribution in [0.4, 0.5) is 5.69 Å². The van der Waals surface area contributed by atoms with Crippen molar-refractivity contribution in [2.75, 3.05) is 5.73 Å². The van der Waals surface area contributed by atoms with Crippen LogP contribution < -0.4 is 5.73 Å². The number of aromatic nitrogens is 1. The first-order valence-electron chi connectivity index (χ1n) is 5.98. The number of nitrogens with two attached hydrogens (primary N) is 1. The number of para-hydroxylation sites is 1. The summed E-state index contributed by atoms with van der Waals surface area (Å²) in [5.74, 6) is -0.295. The number of phenols is 2. The lowest BCUT2D eigenvalue weighted by Crippen LogP contribution is -1.89. The first-order valence-corrected chi connectivity index (χ1v) is 6.86. The molecule has 2 aromatic carbocycles. The Bertz CT molecular complexity index is 768. The van der Waals surface area contributed by atoms with E-state index in [0.29, 0.717) is 5.69 Å². The minimum absolute atomic E-state index is 0.141. The van der Waals surface area contributed by atoms with Gasteiger partial charge in [-0.1, -0.05) is 18.2 Å². The zero-order chi connectivity index (χ0) is 14.1. The molecule has 0 aliphatic rings. The second-order valence-corrected chi connectivity index (χ2v) is 5.19. The van der Waals surface area contributed by atoms with E-state index in [4.69, 9.17) is 5.73 Å². The largest absolute Gasteiger partial charge is 0.504 e. The Balaban J connectivity index is 2.02.